The van der Waals surface area contributed by atoms with Crippen molar-refractivity contribution in [1.29, 1.82) is 0 Å². The van der Waals surface area contributed by atoms with Gasteiger partial charge in [-0.3, -0.25) is 13.9 Å². The number of hydrogen-bond donors (Lipinski definition) is 3. The van der Waals surface area contributed by atoms with Crippen LogP contribution in [0.2, 0.25) is 0 Å². The minimum absolute atomic E-state index is 0.0745. The summed E-state index contributed by atoms with van der Waals surface area (Å²) in [6, 6.07) is 11.5. The van der Waals surface area contributed by atoms with Crippen LogP contribution in [0.4, 0.5) is 11.4 Å². The Kier molecular flexibility index (Phi) is 6.82. The van der Waals surface area contributed by atoms with Gasteiger partial charge in [-0.25, -0.2) is 8.42 Å². The first-order valence-corrected chi connectivity index (χ1v) is 12.7. The number of furan rings is 1. The molecular formula is C22H23N3O6S2. The number of rotatable bonds is 7. The average Bonchev–Trinajstić information content (AvgIpc) is 3.53. The molecule has 2 aromatic heterocycles. The molecule has 1 aliphatic rings. The maximum Gasteiger partial charge on any atom is 0.313 e. The lowest BCUT2D eigenvalue weighted by Gasteiger charge is -2.30. The van der Waals surface area contributed by atoms with Gasteiger partial charge in [0.05, 0.1) is 12.0 Å². The van der Waals surface area contributed by atoms with E-state index in [-0.39, 0.29) is 17.2 Å². The Hall–Kier alpha value is -3.15. The van der Waals surface area contributed by atoms with Crippen molar-refractivity contribution in [1.82, 2.24) is 5.32 Å². The topological polar surface area (TPSA) is 129 Å². The van der Waals surface area contributed by atoms with Crippen LogP contribution in [0.15, 0.2) is 62.7 Å². The number of carbonyl (C=O) groups is 2. The summed E-state index contributed by atoms with van der Waals surface area (Å²) in [7, 11) is -3.70. The van der Waals surface area contributed by atoms with Crippen LogP contribution in [0.3, 0.4) is 0 Å². The van der Waals surface area contributed by atoms with Gasteiger partial charge in [-0.05, 0) is 60.5 Å². The lowest BCUT2D eigenvalue weighted by molar-refractivity contribution is -0.136. The molecule has 1 unspecified atom stereocenters. The molecule has 0 bridgehead atoms. The van der Waals surface area contributed by atoms with E-state index >= 15 is 0 Å². The van der Waals surface area contributed by atoms with Crippen LogP contribution in [0.25, 0.3) is 0 Å². The zero-order valence-electron chi connectivity index (χ0n) is 17.6. The van der Waals surface area contributed by atoms with Gasteiger partial charge in [0.15, 0.2) is 0 Å². The summed E-state index contributed by atoms with van der Waals surface area (Å²) in [6.07, 6.45) is 2.14. The lowest BCUT2D eigenvalue weighted by atomic mass is 10.0. The molecule has 0 fully saturated rings. The number of anilines is 2. The van der Waals surface area contributed by atoms with E-state index in [4.69, 9.17) is 4.42 Å². The quantitative estimate of drug-likeness (QED) is 0.438. The minimum atomic E-state index is -3.70. The first kappa shape index (κ1) is 23.0. The first-order valence-electron chi connectivity index (χ1n) is 10.4. The molecular weight excluding hydrogens is 466 g/mol. The predicted octanol–water partition coefficient (Wildman–Crippen LogP) is 2.66. The van der Waals surface area contributed by atoms with Gasteiger partial charge < -0.3 is 20.2 Å². The molecule has 2 amide bonds. The smallest absolute Gasteiger partial charge is 0.313 e. The van der Waals surface area contributed by atoms with Crippen molar-refractivity contribution in [3.63, 3.8) is 0 Å². The molecule has 33 heavy (non-hydrogen) atoms. The number of aliphatic hydroxyl groups excluding tert-OH is 1. The highest BCUT2D eigenvalue weighted by Gasteiger charge is 2.30. The molecule has 0 saturated heterocycles. The SMILES string of the molecule is O=C(NCCC(O)c1ccco1)C(=O)Nc1ccc2c(c1)N(S(=O)(=O)c1cccs1)CCC2. The molecule has 3 heterocycles. The van der Waals surface area contributed by atoms with Crippen molar-refractivity contribution in [3.8, 4) is 0 Å². The van der Waals surface area contributed by atoms with E-state index in [2.05, 4.69) is 10.6 Å². The molecule has 4 rings (SSSR count). The maximum absolute atomic E-state index is 13.1. The average molecular weight is 490 g/mol. The predicted molar refractivity (Wildman–Crippen MR) is 124 cm³/mol. The van der Waals surface area contributed by atoms with Crippen molar-refractivity contribution < 1.29 is 27.5 Å². The normalized spacial score (nSPS) is 14.4. The van der Waals surface area contributed by atoms with Crippen LogP contribution in [0.5, 0.6) is 0 Å². The van der Waals surface area contributed by atoms with Crippen LogP contribution in [0.1, 0.15) is 30.3 Å². The van der Waals surface area contributed by atoms with Crippen LogP contribution in [0, 0.1) is 0 Å². The number of carbonyl (C=O) groups excluding carboxylic acids is 2. The van der Waals surface area contributed by atoms with Crippen molar-refractivity contribution >= 4 is 44.5 Å². The summed E-state index contributed by atoms with van der Waals surface area (Å²) in [4.78, 5) is 24.5. The fraction of sp³-hybridized carbons (Fsp3) is 0.273. The fourth-order valence-corrected chi connectivity index (χ4v) is 6.24. The maximum atomic E-state index is 13.1. The lowest BCUT2D eigenvalue weighted by Crippen LogP contribution is -2.37. The number of nitrogens with one attached hydrogen (secondary N) is 2. The summed E-state index contributed by atoms with van der Waals surface area (Å²) < 4.78 is 32.8. The number of sulfonamides is 1. The molecule has 3 N–H and O–H groups in total. The van der Waals surface area contributed by atoms with E-state index in [0.29, 0.717) is 30.1 Å². The monoisotopic (exact) mass is 489 g/mol. The number of amides is 2. The largest absolute Gasteiger partial charge is 0.467 e. The third-order valence-electron chi connectivity index (χ3n) is 5.24. The van der Waals surface area contributed by atoms with E-state index in [9.17, 15) is 23.1 Å². The molecule has 9 nitrogen and oxygen atoms in total. The third kappa shape index (κ3) is 5.10. The van der Waals surface area contributed by atoms with E-state index in [1.54, 1.807) is 47.8 Å². The molecule has 0 saturated carbocycles. The van der Waals surface area contributed by atoms with Gasteiger partial charge >= 0.3 is 11.8 Å². The Morgan fingerprint density at radius 1 is 1.18 bits per heavy atom. The zero-order valence-corrected chi connectivity index (χ0v) is 19.2. The van der Waals surface area contributed by atoms with Crippen molar-refractivity contribution in [2.75, 3.05) is 22.7 Å². The first-order chi connectivity index (χ1) is 15.9. The van der Waals surface area contributed by atoms with Crippen LogP contribution in [-0.2, 0) is 26.0 Å². The number of aryl methyl sites for hydroxylation is 1. The second-order valence-electron chi connectivity index (χ2n) is 7.49. The minimum Gasteiger partial charge on any atom is -0.467 e. The number of nitrogens with zero attached hydrogens (tertiary/aromatic N) is 1. The summed E-state index contributed by atoms with van der Waals surface area (Å²) in [5.41, 5.74) is 1.67. The second-order valence-corrected chi connectivity index (χ2v) is 10.5. The Labute approximate surface area is 195 Å². The highest BCUT2D eigenvalue weighted by Crippen LogP contribution is 2.35. The van der Waals surface area contributed by atoms with Gasteiger partial charge in [-0.2, -0.15) is 0 Å². The highest BCUT2D eigenvalue weighted by molar-refractivity contribution is 7.94. The summed E-state index contributed by atoms with van der Waals surface area (Å²) in [5.74, 6) is -1.36. The van der Waals surface area contributed by atoms with E-state index in [1.165, 1.54) is 10.6 Å². The third-order valence-corrected chi connectivity index (χ3v) is 8.43. The van der Waals surface area contributed by atoms with E-state index in [1.807, 2.05) is 0 Å². The summed E-state index contributed by atoms with van der Waals surface area (Å²) >= 11 is 1.15. The Morgan fingerprint density at radius 3 is 2.76 bits per heavy atom. The Bertz CT molecular complexity index is 1220. The number of fused-ring (bicyclic) bond motifs is 1. The molecule has 3 aromatic rings. The zero-order chi connectivity index (χ0) is 23.4. The van der Waals surface area contributed by atoms with Crippen LogP contribution >= 0.6 is 11.3 Å². The molecule has 1 atom stereocenters. The number of aliphatic hydroxyl groups is 1. The molecule has 174 valence electrons. The molecule has 0 spiro atoms. The van der Waals surface area contributed by atoms with Crippen molar-refractivity contribution in [3.05, 3.63) is 65.4 Å². The second kappa shape index (κ2) is 9.77. The highest BCUT2D eigenvalue weighted by atomic mass is 32.2. The number of benzene rings is 1. The Balaban J connectivity index is 1.41. The van der Waals surface area contributed by atoms with Crippen LogP contribution < -0.4 is 14.9 Å². The van der Waals surface area contributed by atoms with Crippen LogP contribution in [-0.4, -0.2) is 38.4 Å². The van der Waals surface area contributed by atoms with Gasteiger partial charge in [0.25, 0.3) is 10.0 Å². The number of hydrogen-bond acceptors (Lipinski definition) is 7. The molecule has 1 aromatic carbocycles. The molecule has 0 radical (unpaired) electrons. The van der Waals surface area contributed by atoms with Gasteiger partial charge in [-0.1, -0.05) is 12.1 Å². The van der Waals surface area contributed by atoms with Gasteiger partial charge in [0, 0.05) is 18.8 Å². The van der Waals surface area contributed by atoms with Crippen molar-refractivity contribution in [2.45, 2.75) is 29.6 Å². The fourth-order valence-electron chi connectivity index (χ4n) is 3.60. The van der Waals surface area contributed by atoms with Gasteiger partial charge in [0.1, 0.15) is 16.1 Å². The molecule has 0 aliphatic carbocycles. The summed E-state index contributed by atoms with van der Waals surface area (Å²) in [6.45, 7) is 0.411. The van der Waals surface area contributed by atoms with E-state index < -0.39 is 27.9 Å². The van der Waals surface area contributed by atoms with Gasteiger partial charge in [-0.15, -0.1) is 11.3 Å². The Morgan fingerprint density at radius 2 is 2.03 bits per heavy atom. The molecule has 1 aliphatic heterocycles. The summed E-state index contributed by atoms with van der Waals surface area (Å²) in [5, 5.41) is 16.6. The van der Waals surface area contributed by atoms with Gasteiger partial charge in [0.2, 0.25) is 0 Å². The number of thiophene rings is 1. The van der Waals surface area contributed by atoms with Crippen molar-refractivity contribution in [2.24, 2.45) is 0 Å². The molecule has 11 heteroatoms. The standard InChI is InChI=1S/C22H23N3O6S2/c26-18(19-5-2-12-31-19)9-10-23-21(27)22(28)24-16-8-7-15-4-1-11-25(17(15)14-16)33(29,30)20-6-3-13-32-20/h2-3,5-8,12-14,18,26H,1,4,9-11H2,(H,23,27)(H,24,28). The van der Waals surface area contributed by atoms with E-state index in [0.717, 1.165) is 23.3 Å².